The van der Waals surface area contributed by atoms with Crippen molar-refractivity contribution >= 4 is 29.1 Å². The highest BCUT2D eigenvalue weighted by atomic mass is 32.1. The summed E-state index contributed by atoms with van der Waals surface area (Å²) in [6, 6.07) is 1.64. The molecule has 0 aromatic carbocycles. The number of nitrogens with zero attached hydrogens (tertiary/aromatic N) is 3. The quantitative estimate of drug-likeness (QED) is 0.700. The summed E-state index contributed by atoms with van der Waals surface area (Å²) in [4.78, 5) is 21.6. The van der Waals surface area contributed by atoms with Gasteiger partial charge in [0.2, 0.25) is 11.9 Å². The molecule has 1 heterocycles. The molecule has 1 rings (SSSR count). The second kappa shape index (κ2) is 6.09. The van der Waals surface area contributed by atoms with E-state index in [1.807, 2.05) is 6.92 Å². The summed E-state index contributed by atoms with van der Waals surface area (Å²) in [5, 5.41) is 2.55. The van der Waals surface area contributed by atoms with Gasteiger partial charge in [0.25, 0.3) is 0 Å². The van der Waals surface area contributed by atoms with E-state index in [4.69, 9.17) is 18.0 Å². The second-order valence-corrected chi connectivity index (χ2v) is 3.73. The smallest absolute Gasteiger partial charge is 0.239 e. The van der Waals surface area contributed by atoms with Crippen molar-refractivity contribution in [3.8, 4) is 0 Å². The Balaban J connectivity index is 2.91. The highest BCUT2D eigenvalue weighted by Crippen LogP contribution is 2.07. The van der Waals surface area contributed by atoms with Crippen LogP contribution in [0, 0.1) is 0 Å². The minimum atomic E-state index is -0.101. The zero-order valence-electron chi connectivity index (χ0n) is 9.80. The standard InChI is InChI=1S/C10H15N5OS/c1-3-15(6-8(16)12-2)10-13-5-4-7(14-10)9(11)17/h4-5H,3,6H2,1-2H3,(H2,11,17)(H,12,16). The fourth-order valence-electron chi connectivity index (χ4n) is 1.21. The van der Waals surface area contributed by atoms with Crippen LogP contribution in [0.4, 0.5) is 5.95 Å². The van der Waals surface area contributed by atoms with E-state index in [0.717, 1.165) is 0 Å². The number of carbonyl (C=O) groups is 1. The summed E-state index contributed by atoms with van der Waals surface area (Å²) < 4.78 is 0. The van der Waals surface area contributed by atoms with Crippen molar-refractivity contribution in [2.24, 2.45) is 5.73 Å². The topological polar surface area (TPSA) is 84.1 Å². The Morgan fingerprint density at radius 3 is 2.88 bits per heavy atom. The first kappa shape index (κ1) is 13.3. The Morgan fingerprint density at radius 1 is 1.65 bits per heavy atom. The molecular formula is C10H15N5OS. The average Bonchev–Trinajstić information content (AvgIpc) is 2.35. The normalized spacial score (nSPS) is 9.76. The first-order valence-electron chi connectivity index (χ1n) is 5.16. The number of nitrogens with two attached hydrogens (primary N) is 1. The Bertz CT molecular complexity index is 423. The first-order chi connectivity index (χ1) is 8.08. The molecule has 1 amide bonds. The lowest BCUT2D eigenvalue weighted by Crippen LogP contribution is -2.36. The molecule has 0 spiro atoms. The lowest BCUT2D eigenvalue weighted by molar-refractivity contribution is -0.119. The number of hydrogen-bond donors (Lipinski definition) is 2. The number of nitrogens with one attached hydrogen (secondary N) is 1. The summed E-state index contributed by atoms with van der Waals surface area (Å²) >= 11 is 4.84. The van der Waals surface area contributed by atoms with Gasteiger partial charge in [-0.3, -0.25) is 4.79 Å². The molecule has 0 saturated heterocycles. The van der Waals surface area contributed by atoms with Gasteiger partial charge in [-0.2, -0.15) is 0 Å². The molecule has 0 bridgehead atoms. The molecular weight excluding hydrogens is 238 g/mol. The molecule has 0 atom stereocenters. The van der Waals surface area contributed by atoms with E-state index in [9.17, 15) is 4.79 Å². The van der Waals surface area contributed by atoms with Gasteiger partial charge in [-0.05, 0) is 13.0 Å². The Labute approximate surface area is 105 Å². The van der Waals surface area contributed by atoms with Crippen LogP contribution in [-0.2, 0) is 4.79 Å². The van der Waals surface area contributed by atoms with Gasteiger partial charge in [-0.15, -0.1) is 0 Å². The summed E-state index contributed by atoms with van der Waals surface area (Å²) in [5.74, 6) is 0.345. The molecule has 0 aliphatic carbocycles. The van der Waals surface area contributed by atoms with Gasteiger partial charge < -0.3 is 16.0 Å². The van der Waals surface area contributed by atoms with Crippen LogP contribution >= 0.6 is 12.2 Å². The van der Waals surface area contributed by atoms with Crippen LogP contribution in [0.5, 0.6) is 0 Å². The molecule has 0 radical (unpaired) electrons. The minimum Gasteiger partial charge on any atom is -0.388 e. The number of thiocarbonyl (C=S) groups is 1. The van der Waals surface area contributed by atoms with Gasteiger partial charge in [0.05, 0.1) is 6.54 Å². The number of likely N-dealkylation sites (N-methyl/N-ethyl adjacent to an activating group) is 2. The number of anilines is 1. The molecule has 0 aliphatic rings. The third-order valence-electron chi connectivity index (χ3n) is 2.17. The van der Waals surface area contributed by atoms with E-state index >= 15 is 0 Å². The molecule has 17 heavy (non-hydrogen) atoms. The van der Waals surface area contributed by atoms with Crippen LogP contribution in [0.15, 0.2) is 12.3 Å². The molecule has 1 aromatic heterocycles. The van der Waals surface area contributed by atoms with E-state index in [0.29, 0.717) is 18.2 Å². The fourth-order valence-corrected chi connectivity index (χ4v) is 1.33. The first-order valence-corrected chi connectivity index (χ1v) is 5.57. The Hall–Kier alpha value is -1.76. The van der Waals surface area contributed by atoms with Gasteiger partial charge in [-0.25, -0.2) is 9.97 Å². The maximum atomic E-state index is 11.3. The lowest BCUT2D eigenvalue weighted by Gasteiger charge is -2.19. The monoisotopic (exact) mass is 253 g/mol. The van der Waals surface area contributed by atoms with E-state index < -0.39 is 0 Å². The van der Waals surface area contributed by atoms with Crippen molar-refractivity contribution in [3.05, 3.63) is 18.0 Å². The molecule has 0 unspecified atom stereocenters. The van der Waals surface area contributed by atoms with Crippen LogP contribution in [0.3, 0.4) is 0 Å². The summed E-state index contributed by atoms with van der Waals surface area (Å²) in [7, 11) is 1.59. The number of carbonyl (C=O) groups excluding carboxylic acids is 1. The van der Waals surface area contributed by atoms with Crippen LogP contribution < -0.4 is 16.0 Å². The average molecular weight is 253 g/mol. The van der Waals surface area contributed by atoms with Crippen molar-refractivity contribution in [2.75, 3.05) is 25.0 Å². The van der Waals surface area contributed by atoms with Gasteiger partial charge >= 0.3 is 0 Å². The predicted molar refractivity (Wildman–Crippen MR) is 69.9 cm³/mol. The Kier molecular flexibility index (Phi) is 4.77. The van der Waals surface area contributed by atoms with Crippen molar-refractivity contribution in [3.63, 3.8) is 0 Å². The minimum absolute atomic E-state index is 0.101. The van der Waals surface area contributed by atoms with Crippen LogP contribution in [0.25, 0.3) is 0 Å². The van der Waals surface area contributed by atoms with Crippen molar-refractivity contribution in [1.82, 2.24) is 15.3 Å². The highest BCUT2D eigenvalue weighted by molar-refractivity contribution is 7.80. The largest absolute Gasteiger partial charge is 0.388 e. The Morgan fingerprint density at radius 2 is 2.35 bits per heavy atom. The maximum absolute atomic E-state index is 11.3. The van der Waals surface area contributed by atoms with Crippen LogP contribution in [0.1, 0.15) is 12.6 Å². The zero-order valence-corrected chi connectivity index (χ0v) is 10.6. The number of amides is 1. The van der Waals surface area contributed by atoms with Gasteiger partial charge in [-0.1, -0.05) is 12.2 Å². The zero-order chi connectivity index (χ0) is 12.8. The van der Waals surface area contributed by atoms with Crippen molar-refractivity contribution < 1.29 is 4.79 Å². The fraction of sp³-hybridized carbons (Fsp3) is 0.400. The van der Waals surface area contributed by atoms with Crippen LogP contribution in [0.2, 0.25) is 0 Å². The molecule has 3 N–H and O–H groups in total. The SMILES string of the molecule is CCN(CC(=O)NC)c1nccc(C(N)=S)n1. The summed E-state index contributed by atoms with van der Waals surface area (Å²) in [6.45, 7) is 2.74. The second-order valence-electron chi connectivity index (χ2n) is 3.29. The molecule has 7 heteroatoms. The number of aromatic nitrogens is 2. The third kappa shape index (κ3) is 3.63. The molecule has 0 fully saturated rings. The van der Waals surface area contributed by atoms with E-state index in [2.05, 4.69) is 15.3 Å². The molecule has 6 nitrogen and oxygen atoms in total. The third-order valence-corrected chi connectivity index (χ3v) is 2.38. The molecule has 0 aliphatic heterocycles. The van der Waals surface area contributed by atoms with E-state index in [-0.39, 0.29) is 17.4 Å². The van der Waals surface area contributed by atoms with Crippen molar-refractivity contribution in [1.29, 1.82) is 0 Å². The van der Waals surface area contributed by atoms with E-state index in [1.165, 1.54) is 0 Å². The maximum Gasteiger partial charge on any atom is 0.239 e. The van der Waals surface area contributed by atoms with Crippen molar-refractivity contribution in [2.45, 2.75) is 6.92 Å². The van der Waals surface area contributed by atoms with Gasteiger partial charge in [0.15, 0.2) is 0 Å². The lowest BCUT2D eigenvalue weighted by atomic mass is 10.4. The van der Waals surface area contributed by atoms with E-state index in [1.54, 1.807) is 24.2 Å². The number of rotatable bonds is 5. The summed E-state index contributed by atoms with van der Waals surface area (Å²) in [5.41, 5.74) is 6.00. The predicted octanol–water partition coefficient (Wildman–Crippen LogP) is -0.317. The van der Waals surface area contributed by atoms with Crippen LogP contribution in [-0.4, -0.2) is 41.0 Å². The summed E-state index contributed by atoms with van der Waals surface area (Å²) in [6.07, 6.45) is 1.57. The molecule has 92 valence electrons. The highest BCUT2D eigenvalue weighted by Gasteiger charge is 2.12. The molecule has 1 aromatic rings. The molecule has 0 saturated carbocycles. The number of hydrogen-bond acceptors (Lipinski definition) is 5. The van der Waals surface area contributed by atoms with Gasteiger partial charge in [0.1, 0.15) is 10.7 Å². The van der Waals surface area contributed by atoms with Gasteiger partial charge in [0, 0.05) is 19.8 Å².